The van der Waals surface area contributed by atoms with E-state index in [0.29, 0.717) is 10.7 Å². The Bertz CT molecular complexity index is 451. The highest BCUT2D eigenvalue weighted by Crippen LogP contribution is 2.18. The largest absolute Gasteiger partial charge is 0.309 e. The fourth-order valence-electron chi connectivity index (χ4n) is 1.55. The van der Waals surface area contributed by atoms with Crippen molar-refractivity contribution < 1.29 is 9.59 Å². The number of hydrogen-bond acceptors (Lipinski definition) is 4. The van der Waals surface area contributed by atoms with Crippen LogP contribution in [0.3, 0.4) is 0 Å². The molecular formula is C10H11N3O2S. The van der Waals surface area contributed by atoms with Crippen LogP contribution >= 0.6 is 11.3 Å². The van der Waals surface area contributed by atoms with Gasteiger partial charge in [-0.05, 0) is 5.92 Å². The molecule has 0 spiro atoms. The minimum Gasteiger partial charge on any atom is -0.309 e. The van der Waals surface area contributed by atoms with Crippen LogP contribution in [0.25, 0.3) is 0 Å². The third-order valence-corrected chi connectivity index (χ3v) is 3.12. The van der Waals surface area contributed by atoms with Crippen molar-refractivity contribution in [3.05, 3.63) is 16.6 Å². The number of aromatic nitrogens is 1. The lowest BCUT2D eigenvalue weighted by atomic mass is 9.93. The SMILES string of the molecule is CC(C)C1C(=O)N=C(c2cncs2)NC1=O. The molecular weight excluding hydrogens is 226 g/mol. The maximum absolute atomic E-state index is 11.7. The summed E-state index contributed by atoms with van der Waals surface area (Å²) in [6.45, 7) is 3.66. The zero-order valence-electron chi connectivity index (χ0n) is 8.93. The Hall–Kier alpha value is -1.56. The van der Waals surface area contributed by atoms with Crippen molar-refractivity contribution in [2.75, 3.05) is 0 Å². The molecule has 0 radical (unpaired) electrons. The molecule has 5 nitrogen and oxygen atoms in total. The Morgan fingerprint density at radius 3 is 2.69 bits per heavy atom. The summed E-state index contributed by atoms with van der Waals surface area (Å²) in [6.07, 6.45) is 1.58. The predicted molar refractivity (Wildman–Crippen MR) is 60.1 cm³/mol. The van der Waals surface area contributed by atoms with Gasteiger partial charge in [-0.1, -0.05) is 13.8 Å². The van der Waals surface area contributed by atoms with E-state index in [1.54, 1.807) is 11.7 Å². The normalized spacial score (nSPS) is 20.9. The standard InChI is InChI=1S/C10H11N3O2S/c1-5(2)7-9(14)12-8(13-10(7)15)6-3-11-4-16-6/h3-5,7H,1-2H3,(H,12,13,14,15). The minimum absolute atomic E-state index is 0.0424. The van der Waals surface area contributed by atoms with Gasteiger partial charge in [0.25, 0.3) is 5.91 Å². The highest BCUT2D eigenvalue weighted by atomic mass is 32.1. The van der Waals surface area contributed by atoms with Gasteiger partial charge < -0.3 is 5.32 Å². The van der Waals surface area contributed by atoms with Crippen LogP contribution in [-0.2, 0) is 9.59 Å². The van der Waals surface area contributed by atoms with Crippen LogP contribution in [0.4, 0.5) is 0 Å². The summed E-state index contributed by atoms with van der Waals surface area (Å²) in [5, 5.41) is 2.64. The van der Waals surface area contributed by atoms with Crippen LogP contribution in [0.1, 0.15) is 18.7 Å². The van der Waals surface area contributed by atoms with E-state index in [2.05, 4.69) is 15.3 Å². The first-order chi connectivity index (χ1) is 7.59. The Balaban J connectivity index is 2.31. The number of amidine groups is 1. The molecule has 1 aliphatic rings. The van der Waals surface area contributed by atoms with Gasteiger partial charge in [-0.15, -0.1) is 11.3 Å². The van der Waals surface area contributed by atoms with Crippen molar-refractivity contribution in [2.24, 2.45) is 16.8 Å². The van der Waals surface area contributed by atoms with Crippen LogP contribution in [-0.4, -0.2) is 22.6 Å². The molecule has 0 saturated heterocycles. The van der Waals surface area contributed by atoms with Gasteiger partial charge in [0.1, 0.15) is 5.92 Å². The van der Waals surface area contributed by atoms with E-state index in [1.807, 2.05) is 13.8 Å². The molecule has 84 valence electrons. The number of hydrogen-bond donors (Lipinski definition) is 1. The van der Waals surface area contributed by atoms with E-state index < -0.39 is 5.92 Å². The Labute approximate surface area is 96.6 Å². The molecule has 2 rings (SSSR count). The van der Waals surface area contributed by atoms with Crippen LogP contribution in [0.15, 0.2) is 16.7 Å². The first-order valence-corrected chi connectivity index (χ1v) is 5.80. The molecule has 1 aliphatic heterocycles. The van der Waals surface area contributed by atoms with Crippen molar-refractivity contribution >= 4 is 29.0 Å². The summed E-state index contributed by atoms with van der Waals surface area (Å²) in [4.78, 5) is 31.9. The highest BCUT2D eigenvalue weighted by Gasteiger charge is 2.34. The molecule has 0 aliphatic carbocycles. The molecule has 1 aromatic heterocycles. The van der Waals surface area contributed by atoms with E-state index in [1.165, 1.54) is 11.3 Å². The average molecular weight is 237 g/mol. The summed E-state index contributed by atoms with van der Waals surface area (Å²) in [5.41, 5.74) is 1.63. The number of nitrogens with zero attached hydrogens (tertiary/aromatic N) is 2. The van der Waals surface area contributed by atoms with Gasteiger partial charge in [-0.3, -0.25) is 14.6 Å². The molecule has 0 aromatic carbocycles. The number of carbonyl (C=O) groups excluding carboxylic acids is 2. The number of nitrogens with one attached hydrogen (secondary N) is 1. The van der Waals surface area contributed by atoms with Crippen molar-refractivity contribution in [3.63, 3.8) is 0 Å². The third-order valence-electron chi connectivity index (χ3n) is 2.34. The van der Waals surface area contributed by atoms with E-state index in [4.69, 9.17) is 0 Å². The molecule has 2 heterocycles. The molecule has 16 heavy (non-hydrogen) atoms. The van der Waals surface area contributed by atoms with Gasteiger partial charge in [-0.2, -0.15) is 4.99 Å². The third kappa shape index (κ3) is 1.88. The average Bonchev–Trinajstić information content (AvgIpc) is 2.67. The quantitative estimate of drug-likeness (QED) is 0.774. The summed E-state index contributed by atoms with van der Waals surface area (Å²) in [5.74, 6) is -1.05. The molecule has 0 saturated carbocycles. The van der Waals surface area contributed by atoms with Gasteiger partial charge in [0.05, 0.1) is 10.4 Å². The molecule has 0 fully saturated rings. The van der Waals surface area contributed by atoms with Crippen LogP contribution < -0.4 is 5.32 Å². The van der Waals surface area contributed by atoms with Gasteiger partial charge in [0.2, 0.25) is 5.91 Å². The monoisotopic (exact) mass is 237 g/mol. The molecule has 1 N–H and O–H groups in total. The van der Waals surface area contributed by atoms with Gasteiger partial charge in [-0.25, -0.2) is 0 Å². The van der Waals surface area contributed by atoms with Crippen molar-refractivity contribution in [1.82, 2.24) is 10.3 Å². The summed E-state index contributed by atoms with van der Waals surface area (Å²) < 4.78 is 0. The second-order valence-corrected chi connectivity index (χ2v) is 4.76. The van der Waals surface area contributed by atoms with Gasteiger partial charge in [0.15, 0.2) is 5.84 Å². The summed E-state index contributed by atoms with van der Waals surface area (Å²) in [7, 11) is 0. The first kappa shape index (κ1) is 10.9. The molecule has 1 unspecified atom stereocenters. The van der Waals surface area contributed by atoms with E-state index in [0.717, 1.165) is 0 Å². The molecule has 2 amide bonds. The molecule has 6 heteroatoms. The minimum atomic E-state index is -0.670. The number of rotatable bonds is 2. The van der Waals surface area contributed by atoms with Crippen molar-refractivity contribution in [2.45, 2.75) is 13.8 Å². The lowest BCUT2D eigenvalue weighted by Crippen LogP contribution is -2.46. The summed E-state index contributed by atoms with van der Waals surface area (Å²) >= 11 is 1.33. The van der Waals surface area contributed by atoms with Crippen LogP contribution in [0.2, 0.25) is 0 Å². The fraction of sp³-hybridized carbons (Fsp3) is 0.400. The smallest absolute Gasteiger partial charge is 0.260 e. The van der Waals surface area contributed by atoms with Crippen LogP contribution in [0.5, 0.6) is 0 Å². The number of amides is 2. The van der Waals surface area contributed by atoms with Gasteiger partial charge in [0, 0.05) is 6.20 Å². The van der Waals surface area contributed by atoms with E-state index in [9.17, 15) is 9.59 Å². The second-order valence-electron chi connectivity index (χ2n) is 3.88. The first-order valence-electron chi connectivity index (χ1n) is 4.92. The maximum Gasteiger partial charge on any atom is 0.260 e. The number of thiazole rings is 1. The Morgan fingerprint density at radius 1 is 1.44 bits per heavy atom. The van der Waals surface area contributed by atoms with E-state index in [-0.39, 0.29) is 17.7 Å². The number of aliphatic imine (C=N–C) groups is 1. The highest BCUT2D eigenvalue weighted by molar-refractivity contribution is 7.11. The second kappa shape index (κ2) is 4.13. The lowest BCUT2D eigenvalue weighted by molar-refractivity contribution is -0.135. The fourth-order valence-corrected chi connectivity index (χ4v) is 2.12. The van der Waals surface area contributed by atoms with Crippen molar-refractivity contribution in [1.29, 1.82) is 0 Å². The van der Waals surface area contributed by atoms with E-state index >= 15 is 0 Å². The van der Waals surface area contributed by atoms with Gasteiger partial charge >= 0.3 is 0 Å². The molecule has 1 aromatic rings. The molecule has 0 bridgehead atoms. The zero-order valence-corrected chi connectivity index (χ0v) is 9.75. The lowest BCUT2D eigenvalue weighted by Gasteiger charge is -2.21. The zero-order chi connectivity index (χ0) is 11.7. The van der Waals surface area contributed by atoms with Crippen LogP contribution in [0, 0.1) is 11.8 Å². The number of carbonyl (C=O) groups is 2. The predicted octanol–water partition coefficient (Wildman–Crippen LogP) is 0.818. The Morgan fingerprint density at radius 2 is 2.19 bits per heavy atom. The summed E-state index contributed by atoms with van der Waals surface area (Å²) in [6, 6.07) is 0. The maximum atomic E-state index is 11.7. The topological polar surface area (TPSA) is 71.4 Å². The van der Waals surface area contributed by atoms with Crippen molar-refractivity contribution in [3.8, 4) is 0 Å². The molecule has 1 atom stereocenters. The Kier molecular flexibility index (Phi) is 2.82.